The fraction of sp³-hybridized carbons (Fsp3) is 0.286. The van der Waals surface area contributed by atoms with Gasteiger partial charge in [0.1, 0.15) is 17.6 Å². The van der Waals surface area contributed by atoms with Crippen molar-refractivity contribution in [3.05, 3.63) is 34.4 Å². The third-order valence-electron chi connectivity index (χ3n) is 3.58. The number of nitrogens with zero attached hydrogens (tertiary/aromatic N) is 2. The molecule has 3 rings (SSSR count). The number of aromatic hydroxyl groups is 1. The van der Waals surface area contributed by atoms with E-state index >= 15 is 0 Å². The highest BCUT2D eigenvalue weighted by atomic mass is 16.3. The minimum atomic E-state index is -0.755. The summed E-state index contributed by atoms with van der Waals surface area (Å²) in [6.07, 6.45) is 0.442. The lowest BCUT2D eigenvalue weighted by Gasteiger charge is -2.24. The molecule has 1 aliphatic heterocycles. The zero-order valence-electron chi connectivity index (χ0n) is 11.3. The van der Waals surface area contributed by atoms with Crippen LogP contribution >= 0.6 is 0 Å². The fourth-order valence-corrected chi connectivity index (χ4v) is 2.59. The third kappa shape index (κ3) is 2.16. The van der Waals surface area contributed by atoms with Crippen LogP contribution in [0.1, 0.15) is 24.7 Å². The highest BCUT2D eigenvalue weighted by Gasteiger charge is 2.30. The number of nitrogens with one attached hydrogen (secondary N) is 1. The van der Waals surface area contributed by atoms with Gasteiger partial charge in [0.15, 0.2) is 0 Å². The molecule has 108 valence electrons. The SMILES string of the molecule is Cc1nc2ccc(O)cc2c(=O)n1C1CCC(=O)NC1=O. The van der Waals surface area contributed by atoms with Gasteiger partial charge < -0.3 is 5.11 Å². The second-order valence-electron chi connectivity index (χ2n) is 5.00. The van der Waals surface area contributed by atoms with Gasteiger partial charge >= 0.3 is 0 Å². The van der Waals surface area contributed by atoms with Gasteiger partial charge in [-0.1, -0.05) is 0 Å². The van der Waals surface area contributed by atoms with Gasteiger partial charge in [0.2, 0.25) is 11.8 Å². The Bertz CT molecular complexity index is 825. The van der Waals surface area contributed by atoms with Crippen LogP contribution in [0.15, 0.2) is 23.0 Å². The minimum absolute atomic E-state index is 0.0416. The van der Waals surface area contributed by atoms with Gasteiger partial charge in [-0.15, -0.1) is 0 Å². The average Bonchev–Trinajstić information content (AvgIpc) is 2.42. The van der Waals surface area contributed by atoms with Crippen molar-refractivity contribution in [3.8, 4) is 5.75 Å². The van der Waals surface area contributed by atoms with Crippen molar-refractivity contribution in [1.82, 2.24) is 14.9 Å². The Morgan fingerprint density at radius 1 is 1.33 bits per heavy atom. The Kier molecular flexibility index (Phi) is 2.97. The van der Waals surface area contributed by atoms with Gasteiger partial charge in [0.05, 0.1) is 10.9 Å². The van der Waals surface area contributed by atoms with Gasteiger partial charge in [0.25, 0.3) is 5.56 Å². The summed E-state index contributed by atoms with van der Waals surface area (Å²) in [7, 11) is 0. The van der Waals surface area contributed by atoms with Crippen LogP contribution in [0, 0.1) is 6.92 Å². The van der Waals surface area contributed by atoms with E-state index in [1.807, 2.05) is 0 Å². The van der Waals surface area contributed by atoms with Crippen LogP contribution in [0.5, 0.6) is 5.75 Å². The van der Waals surface area contributed by atoms with E-state index in [1.54, 1.807) is 13.0 Å². The highest BCUT2D eigenvalue weighted by Crippen LogP contribution is 2.21. The number of phenols is 1. The standard InChI is InChI=1S/C14H13N3O4/c1-7-15-10-3-2-8(18)6-9(10)14(21)17(7)11-4-5-12(19)16-13(11)20/h2-3,6,11,18H,4-5H2,1H3,(H,16,19,20). The summed E-state index contributed by atoms with van der Waals surface area (Å²) in [5.41, 5.74) is 0.0572. The van der Waals surface area contributed by atoms with E-state index in [1.165, 1.54) is 16.7 Å². The van der Waals surface area contributed by atoms with Crippen molar-refractivity contribution < 1.29 is 14.7 Å². The van der Waals surface area contributed by atoms with Crippen molar-refractivity contribution in [3.63, 3.8) is 0 Å². The molecule has 7 nitrogen and oxygen atoms in total. The molecule has 2 amide bonds. The number of hydrogen-bond acceptors (Lipinski definition) is 5. The number of carbonyl (C=O) groups is 2. The number of benzene rings is 1. The van der Waals surface area contributed by atoms with E-state index < -0.39 is 17.5 Å². The molecular weight excluding hydrogens is 274 g/mol. The van der Waals surface area contributed by atoms with E-state index in [9.17, 15) is 19.5 Å². The molecule has 1 aliphatic rings. The molecule has 1 unspecified atom stereocenters. The summed E-state index contributed by atoms with van der Waals surface area (Å²) >= 11 is 0. The van der Waals surface area contributed by atoms with E-state index in [-0.39, 0.29) is 29.9 Å². The van der Waals surface area contributed by atoms with Crippen molar-refractivity contribution >= 4 is 22.7 Å². The molecule has 0 spiro atoms. The molecule has 2 aromatic rings. The van der Waals surface area contributed by atoms with Crippen LogP contribution in [-0.4, -0.2) is 26.5 Å². The maximum atomic E-state index is 12.6. The molecule has 1 atom stereocenters. The summed E-state index contributed by atoms with van der Waals surface area (Å²) < 4.78 is 1.28. The first-order valence-corrected chi connectivity index (χ1v) is 6.53. The molecule has 0 saturated carbocycles. The number of carbonyl (C=O) groups excluding carboxylic acids is 2. The van der Waals surface area contributed by atoms with E-state index in [2.05, 4.69) is 10.3 Å². The maximum absolute atomic E-state index is 12.6. The van der Waals surface area contributed by atoms with Crippen molar-refractivity contribution in [2.45, 2.75) is 25.8 Å². The van der Waals surface area contributed by atoms with Crippen LogP contribution in [-0.2, 0) is 9.59 Å². The molecule has 0 aliphatic carbocycles. The lowest BCUT2D eigenvalue weighted by molar-refractivity contribution is -0.135. The number of fused-ring (bicyclic) bond motifs is 1. The van der Waals surface area contributed by atoms with E-state index in [0.717, 1.165) is 0 Å². The Morgan fingerprint density at radius 2 is 2.10 bits per heavy atom. The molecule has 0 radical (unpaired) electrons. The quantitative estimate of drug-likeness (QED) is 0.739. The summed E-state index contributed by atoms with van der Waals surface area (Å²) in [5, 5.41) is 12.0. The van der Waals surface area contributed by atoms with Crippen LogP contribution in [0.3, 0.4) is 0 Å². The van der Waals surface area contributed by atoms with Gasteiger partial charge in [-0.25, -0.2) is 4.98 Å². The van der Waals surface area contributed by atoms with Gasteiger partial charge in [-0.05, 0) is 31.5 Å². The number of amides is 2. The minimum Gasteiger partial charge on any atom is -0.508 e. The van der Waals surface area contributed by atoms with Crippen molar-refractivity contribution in [2.24, 2.45) is 0 Å². The monoisotopic (exact) mass is 287 g/mol. The Hall–Kier alpha value is -2.70. The molecule has 1 aromatic carbocycles. The normalized spacial score (nSPS) is 18.8. The Labute approximate surface area is 119 Å². The first kappa shape index (κ1) is 13.3. The number of aromatic nitrogens is 2. The van der Waals surface area contributed by atoms with E-state index in [0.29, 0.717) is 11.3 Å². The third-order valence-corrected chi connectivity index (χ3v) is 3.58. The zero-order valence-corrected chi connectivity index (χ0v) is 11.3. The molecule has 21 heavy (non-hydrogen) atoms. The molecule has 1 fully saturated rings. The Balaban J connectivity index is 2.21. The number of rotatable bonds is 1. The second kappa shape index (κ2) is 4.69. The van der Waals surface area contributed by atoms with Crippen molar-refractivity contribution in [2.75, 3.05) is 0 Å². The lowest BCUT2D eigenvalue weighted by Crippen LogP contribution is -2.45. The smallest absolute Gasteiger partial charge is 0.262 e. The maximum Gasteiger partial charge on any atom is 0.262 e. The lowest BCUT2D eigenvalue weighted by atomic mass is 10.1. The molecule has 7 heteroatoms. The topological polar surface area (TPSA) is 101 Å². The van der Waals surface area contributed by atoms with Crippen LogP contribution in [0.4, 0.5) is 0 Å². The zero-order chi connectivity index (χ0) is 15.1. The summed E-state index contributed by atoms with van der Waals surface area (Å²) in [5.74, 6) is -0.487. The van der Waals surface area contributed by atoms with Crippen LogP contribution in [0.25, 0.3) is 10.9 Å². The number of piperidine rings is 1. The molecule has 1 saturated heterocycles. The predicted molar refractivity (Wildman–Crippen MR) is 73.8 cm³/mol. The van der Waals surface area contributed by atoms with Gasteiger partial charge in [-0.2, -0.15) is 0 Å². The Morgan fingerprint density at radius 3 is 2.81 bits per heavy atom. The molecule has 1 aromatic heterocycles. The number of imide groups is 1. The van der Waals surface area contributed by atoms with Crippen molar-refractivity contribution in [1.29, 1.82) is 0 Å². The highest BCUT2D eigenvalue weighted by molar-refractivity contribution is 5.99. The first-order chi connectivity index (χ1) is 9.97. The summed E-state index contributed by atoms with van der Waals surface area (Å²) in [6.45, 7) is 1.64. The second-order valence-corrected chi connectivity index (χ2v) is 5.00. The van der Waals surface area contributed by atoms with Gasteiger partial charge in [-0.3, -0.25) is 24.3 Å². The summed E-state index contributed by atoms with van der Waals surface area (Å²) in [4.78, 5) is 40.0. The summed E-state index contributed by atoms with van der Waals surface area (Å²) in [6, 6.07) is 3.57. The number of hydrogen-bond donors (Lipinski definition) is 2. The van der Waals surface area contributed by atoms with Crippen LogP contribution in [0.2, 0.25) is 0 Å². The fourth-order valence-electron chi connectivity index (χ4n) is 2.59. The predicted octanol–water partition coefficient (Wildman–Crippen LogP) is 0.388. The molecule has 0 bridgehead atoms. The molecular formula is C14H13N3O4. The molecule has 2 heterocycles. The first-order valence-electron chi connectivity index (χ1n) is 6.53. The molecule has 2 N–H and O–H groups in total. The van der Waals surface area contributed by atoms with Crippen LogP contribution < -0.4 is 10.9 Å². The number of aryl methyl sites for hydroxylation is 1. The van der Waals surface area contributed by atoms with Gasteiger partial charge in [0, 0.05) is 6.42 Å². The largest absolute Gasteiger partial charge is 0.508 e. The number of phenolic OH excluding ortho intramolecular Hbond substituents is 1. The average molecular weight is 287 g/mol. The van der Waals surface area contributed by atoms with E-state index in [4.69, 9.17) is 0 Å².